The van der Waals surface area contributed by atoms with Gasteiger partial charge >= 0.3 is 0 Å². The zero-order chi connectivity index (χ0) is 12.1. The second-order valence-corrected chi connectivity index (χ2v) is 4.03. The van der Waals surface area contributed by atoms with Crippen molar-refractivity contribution >= 4 is 5.91 Å². The molecule has 4 nitrogen and oxygen atoms in total. The highest BCUT2D eigenvalue weighted by Crippen LogP contribution is 2.12. The molecule has 0 aromatic heterocycles. The summed E-state index contributed by atoms with van der Waals surface area (Å²) in [5, 5.41) is 11.5. The van der Waals surface area contributed by atoms with Gasteiger partial charge in [-0.05, 0) is 30.5 Å². The Labute approximate surface area is 100 Å². The summed E-state index contributed by atoms with van der Waals surface area (Å²) in [6.45, 7) is 1.15. The van der Waals surface area contributed by atoms with E-state index in [1.54, 1.807) is 12.1 Å². The van der Waals surface area contributed by atoms with E-state index in [1.807, 2.05) is 12.1 Å². The van der Waals surface area contributed by atoms with E-state index in [2.05, 4.69) is 11.4 Å². The predicted octanol–water partition coefficient (Wildman–Crippen LogP) is 1.35. The van der Waals surface area contributed by atoms with Crippen LogP contribution in [0.4, 0.5) is 0 Å². The molecule has 17 heavy (non-hydrogen) atoms. The SMILES string of the molecule is N#Cc1ccc(CNC(=O)C2CCCO2)cc1. The number of nitrogens with one attached hydrogen (secondary N) is 1. The zero-order valence-electron chi connectivity index (χ0n) is 9.48. The van der Waals surface area contributed by atoms with Crippen LogP contribution >= 0.6 is 0 Å². The van der Waals surface area contributed by atoms with Gasteiger partial charge in [-0.3, -0.25) is 4.79 Å². The number of carbonyl (C=O) groups is 1. The lowest BCUT2D eigenvalue weighted by Gasteiger charge is -2.10. The lowest BCUT2D eigenvalue weighted by Crippen LogP contribution is -2.33. The molecule has 1 heterocycles. The molecular weight excluding hydrogens is 216 g/mol. The van der Waals surface area contributed by atoms with E-state index in [0.717, 1.165) is 18.4 Å². The summed E-state index contributed by atoms with van der Waals surface area (Å²) >= 11 is 0. The fourth-order valence-corrected chi connectivity index (χ4v) is 1.78. The Bertz CT molecular complexity index is 428. The summed E-state index contributed by atoms with van der Waals surface area (Å²) in [7, 11) is 0. The third-order valence-electron chi connectivity index (χ3n) is 2.77. The molecule has 1 aromatic carbocycles. The van der Waals surface area contributed by atoms with Crippen molar-refractivity contribution in [3.05, 3.63) is 35.4 Å². The van der Waals surface area contributed by atoms with Crippen LogP contribution in [0.25, 0.3) is 0 Å². The summed E-state index contributed by atoms with van der Waals surface area (Å²) < 4.78 is 5.28. The number of amides is 1. The van der Waals surface area contributed by atoms with Crippen LogP contribution in [0.15, 0.2) is 24.3 Å². The first-order chi connectivity index (χ1) is 8.29. The first-order valence-electron chi connectivity index (χ1n) is 5.68. The second kappa shape index (κ2) is 5.46. The van der Waals surface area contributed by atoms with Gasteiger partial charge in [0.05, 0.1) is 11.6 Å². The van der Waals surface area contributed by atoms with Crippen molar-refractivity contribution in [3.8, 4) is 6.07 Å². The average molecular weight is 230 g/mol. The molecule has 0 radical (unpaired) electrons. The summed E-state index contributed by atoms with van der Waals surface area (Å²) in [6.07, 6.45) is 1.47. The van der Waals surface area contributed by atoms with E-state index in [9.17, 15) is 4.79 Å². The van der Waals surface area contributed by atoms with E-state index in [0.29, 0.717) is 18.7 Å². The van der Waals surface area contributed by atoms with Gasteiger partial charge in [-0.1, -0.05) is 12.1 Å². The summed E-state index contributed by atoms with van der Waals surface area (Å²) in [5.74, 6) is -0.0492. The lowest BCUT2D eigenvalue weighted by molar-refractivity contribution is -0.130. The molecule has 4 heteroatoms. The van der Waals surface area contributed by atoms with Gasteiger partial charge in [0, 0.05) is 13.2 Å². The van der Waals surface area contributed by atoms with Gasteiger partial charge in [0.25, 0.3) is 0 Å². The zero-order valence-corrected chi connectivity index (χ0v) is 9.48. The van der Waals surface area contributed by atoms with Gasteiger partial charge in [-0.25, -0.2) is 0 Å². The van der Waals surface area contributed by atoms with E-state index in [4.69, 9.17) is 10.00 Å². The molecular formula is C13H14N2O2. The van der Waals surface area contributed by atoms with Crippen molar-refractivity contribution < 1.29 is 9.53 Å². The summed E-state index contributed by atoms with van der Waals surface area (Å²) in [4.78, 5) is 11.7. The first-order valence-corrected chi connectivity index (χ1v) is 5.68. The first kappa shape index (κ1) is 11.6. The fraction of sp³-hybridized carbons (Fsp3) is 0.385. The maximum Gasteiger partial charge on any atom is 0.249 e. The predicted molar refractivity (Wildman–Crippen MR) is 62.0 cm³/mol. The summed E-state index contributed by atoms with van der Waals surface area (Å²) in [6, 6.07) is 9.23. The molecule has 0 saturated carbocycles. The normalized spacial score (nSPS) is 18.6. The number of carbonyl (C=O) groups excluding carboxylic acids is 1. The van der Waals surface area contributed by atoms with Gasteiger partial charge in [0.1, 0.15) is 6.10 Å². The van der Waals surface area contributed by atoms with Crippen molar-refractivity contribution in [2.45, 2.75) is 25.5 Å². The molecule has 1 atom stereocenters. The van der Waals surface area contributed by atoms with E-state index in [-0.39, 0.29) is 12.0 Å². The van der Waals surface area contributed by atoms with Gasteiger partial charge in [-0.2, -0.15) is 5.26 Å². The molecule has 0 bridgehead atoms. The Kier molecular flexibility index (Phi) is 3.73. The average Bonchev–Trinajstić information content (AvgIpc) is 2.90. The quantitative estimate of drug-likeness (QED) is 0.852. The molecule has 1 fully saturated rings. The molecule has 1 amide bonds. The number of benzene rings is 1. The Morgan fingerprint density at radius 1 is 1.47 bits per heavy atom. The van der Waals surface area contributed by atoms with Crippen LogP contribution in [0.2, 0.25) is 0 Å². The molecule has 88 valence electrons. The standard InChI is InChI=1S/C13H14N2O2/c14-8-10-3-5-11(6-4-10)9-15-13(16)12-2-1-7-17-12/h3-6,12H,1-2,7,9H2,(H,15,16). The lowest BCUT2D eigenvalue weighted by atomic mass is 10.1. The molecule has 1 N–H and O–H groups in total. The van der Waals surface area contributed by atoms with Crippen LogP contribution in [0.1, 0.15) is 24.0 Å². The second-order valence-electron chi connectivity index (χ2n) is 4.03. The largest absolute Gasteiger partial charge is 0.368 e. The van der Waals surface area contributed by atoms with Crippen LogP contribution in [-0.2, 0) is 16.1 Å². The Morgan fingerprint density at radius 2 is 2.24 bits per heavy atom. The number of hydrogen-bond acceptors (Lipinski definition) is 3. The molecule has 1 unspecified atom stereocenters. The van der Waals surface area contributed by atoms with Crippen LogP contribution in [-0.4, -0.2) is 18.6 Å². The third kappa shape index (κ3) is 3.05. The van der Waals surface area contributed by atoms with Crippen molar-refractivity contribution in [1.29, 1.82) is 5.26 Å². The molecule has 0 spiro atoms. The van der Waals surface area contributed by atoms with E-state index < -0.39 is 0 Å². The van der Waals surface area contributed by atoms with Crippen molar-refractivity contribution in [2.75, 3.05) is 6.61 Å². The highest BCUT2D eigenvalue weighted by atomic mass is 16.5. The fourth-order valence-electron chi connectivity index (χ4n) is 1.78. The molecule has 1 aromatic rings. The highest BCUT2D eigenvalue weighted by molar-refractivity contribution is 5.80. The number of rotatable bonds is 3. The summed E-state index contributed by atoms with van der Waals surface area (Å²) in [5.41, 5.74) is 1.61. The van der Waals surface area contributed by atoms with Crippen LogP contribution in [0.5, 0.6) is 0 Å². The monoisotopic (exact) mass is 230 g/mol. The molecule has 0 aliphatic carbocycles. The van der Waals surface area contributed by atoms with Gasteiger partial charge in [0.2, 0.25) is 5.91 Å². The van der Waals surface area contributed by atoms with Crippen LogP contribution in [0, 0.1) is 11.3 Å². The number of ether oxygens (including phenoxy) is 1. The number of hydrogen-bond donors (Lipinski definition) is 1. The third-order valence-corrected chi connectivity index (χ3v) is 2.77. The van der Waals surface area contributed by atoms with E-state index in [1.165, 1.54) is 0 Å². The van der Waals surface area contributed by atoms with E-state index >= 15 is 0 Å². The maximum atomic E-state index is 11.7. The Morgan fingerprint density at radius 3 is 2.82 bits per heavy atom. The van der Waals surface area contributed by atoms with Crippen LogP contribution in [0.3, 0.4) is 0 Å². The topological polar surface area (TPSA) is 62.1 Å². The van der Waals surface area contributed by atoms with Crippen molar-refractivity contribution in [1.82, 2.24) is 5.32 Å². The minimum atomic E-state index is -0.284. The molecule has 1 saturated heterocycles. The smallest absolute Gasteiger partial charge is 0.249 e. The minimum Gasteiger partial charge on any atom is -0.368 e. The maximum absolute atomic E-state index is 11.7. The van der Waals surface area contributed by atoms with Gasteiger partial charge < -0.3 is 10.1 Å². The molecule has 2 rings (SSSR count). The number of nitriles is 1. The Balaban J connectivity index is 1.84. The minimum absolute atomic E-state index is 0.0492. The van der Waals surface area contributed by atoms with Crippen molar-refractivity contribution in [3.63, 3.8) is 0 Å². The van der Waals surface area contributed by atoms with Gasteiger partial charge in [0.15, 0.2) is 0 Å². The van der Waals surface area contributed by atoms with Crippen molar-refractivity contribution in [2.24, 2.45) is 0 Å². The number of nitrogens with zero attached hydrogens (tertiary/aromatic N) is 1. The van der Waals surface area contributed by atoms with Gasteiger partial charge in [-0.15, -0.1) is 0 Å². The molecule has 1 aliphatic rings. The molecule has 1 aliphatic heterocycles. The highest BCUT2D eigenvalue weighted by Gasteiger charge is 2.22. The van der Waals surface area contributed by atoms with Crippen LogP contribution < -0.4 is 5.32 Å². The Hall–Kier alpha value is -1.86.